The highest BCUT2D eigenvalue weighted by Gasteiger charge is 2.36. The van der Waals surface area contributed by atoms with Gasteiger partial charge in [-0.2, -0.15) is 0 Å². The smallest absolute Gasteiger partial charge is 0.320 e. The third-order valence-corrected chi connectivity index (χ3v) is 5.09. The molecule has 2 aromatic rings. The number of carboxylic acids is 1. The number of hydrogen-bond donors (Lipinski definition) is 1. The molecular formula is C21H24N2O4. The number of pyridine rings is 1. The molecule has 1 aliphatic heterocycles. The summed E-state index contributed by atoms with van der Waals surface area (Å²) >= 11 is 0. The van der Waals surface area contributed by atoms with E-state index in [9.17, 15) is 14.7 Å². The van der Waals surface area contributed by atoms with Gasteiger partial charge in [0, 0.05) is 31.9 Å². The van der Waals surface area contributed by atoms with E-state index in [1.165, 1.54) is 7.11 Å². The van der Waals surface area contributed by atoms with Crippen LogP contribution >= 0.6 is 0 Å². The number of aromatic nitrogens is 1. The summed E-state index contributed by atoms with van der Waals surface area (Å²) in [6, 6.07) is 11.5. The molecule has 0 saturated carbocycles. The maximum absolute atomic E-state index is 11.7. The fraction of sp³-hybridized carbons (Fsp3) is 0.381. The van der Waals surface area contributed by atoms with Crippen molar-refractivity contribution in [3.63, 3.8) is 0 Å². The number of carbonyl (C=O) groups is 2. The lowest BCUT2D eigenvalue weighted by Gasteiger charge is -2.21. The Labute approximate surface area is 158 Å². The van der Waals surface area contributed by atoms with Gasteiger partial charge in [-0.15, -0.1) is 0 Å². The summed E-state index contributed by atoms with van der Waals surface area (Å²) in [7, 11) is 1.37. The number of rotatable bonds is 7. The average Bonchev–Trinajstić information content (AvgIpc) is 3.10. The Hall–Kier alpha value is -2.73. The molecule has 1 saturated heterocycles. The molecule has 0 unspecified atom stereocenters. The number of aliphatic carboxylic acids is 1. The van der Waals surface area contributed by atoms with E-state index in [1.54, 1.807) is 12.4 Å². The number of methoxy groups -OCH3 is 1. The zero-order chi connectivity index (χ0) is 19.2. The average molecular weight is 368 g/mol. The summed E-state index contributed by atoms with van der Waals surface area (Å²) in [5.41, 5.74) is 3.24. The van der Waals surface area contributed by atoms with Gasteiger partial charge in [0.1, 0.15) is 6.04 Å². The summed E-state index contributed by atoms with van der Waals surface area (Å²) < 4.78 is 4.69. The monoisotopic (exact) mass is 368 g/mol. The van der Waals surface area contributed by atoms with Gasteiger partial charge >= 0.3 is 11.9 Å². The van der Waals surface area contributed by atoms with Crippen LogP contribution in [0, 0.1) is 5.92 Å². The second-order valence-electron chi connectivity index (χ2n) is 6.94. The van der Waals surface area contributed by atoms with Gasteiger partial charge in [-0.1, -0.05) is 18.2 Å². The highest BCUT2D eigenvalue weighted by atomic mass is 16.5. The molecule has 0 bridgehead atoms. The van der Waals surface area contributed by atoms with Gasteiger partial charge in [-0.05, 0) is 53.6 Å². The van der Waals surface area contributed by atoms with E-state index in [-0.39, 0.29) is 11.9 Å². The summed E-state index contributed by atoms with van der Waals surface area (Å²) in [6.07, 6.45) is 5.07. The molecule has 0 aliphatic carbocycles. The van der Waals surface area contributed by atoms with Crippen LogP contribution in [0.4, 0.5) is 0 Å². The van der Waals surface area contributed by atoms with Gasteiger partial charge in [0.2, 0.25) is 0 Å². The van der Waals surface area contributed by atoms with Gasteiger partial charge in [-0.3, -0.25) is 19.5 Å². The quantitative estimate of drug-likeness (QED) is 0.757. The van der Waals surface area contributed by atoms with Crippen LogP contribution in [-0.4, -0.2) is 46.6 Å². The van der Waals surface area contributed by atoms with Crippen LogP contribution in [0.25, 0.3) is 11.1 Å². The molecule has 0 amide bonds. The Bertz CT molecular complexity index is 794. The molecule has 0 spiro atoms. The second kappa shape index (κ2) is 8.77. The third-order valence-electron chi connectivity index (χ3n) is 5.09. The summed E-state index contributed by atoms with van der Waals surface area (Å²) in [5.74, 6) is -0.861. The molecule has 3 rings (SSSR count). The number of carboxylic acid groups (broad SMARTS) is 1. The highest BCUT2D eigenvalue weighted by Crippen LogP contribution is 2.29. The third kappa shape index (κ3) is 4.92. The molecule has 1 aliphatic rings. The lowest BCUT2D eigenvalue weighted by Crippen LogP contribution is -2.35. The van der Waals surface area contributed by atoms with Crippen molar-refractivity contribution in [2.24, 2.45) is 5.92 Å². The highest BCUT2D eigenvalue weighted by molar-refractivity contribution is 5.74. The number of hydrogen-bond acceptors (Lipinski definition) is 5. The molecular weight excluding hydrogens is 344 g/mol. The zero-order valence-electron chi connectivity index (χ0n) is 15.4. The standard InChI is InChI=1S/C21H24N2O4/c1-27-20(24)6-5-16-12-19(21(25)26)23(14-16)13-15-3-2-4-18(11-15)17-7-9-22-10-8-17/h2-4,7-11,16,19H,5-6,12-14H2,1H3,(H,25,26)/t16-,19-/m1/s1. The predicted molar refractivity (Wildman–Crippen MR) is 101 cm³/mol. The van der Waals surface area contributed by atoms with Gasteiger partial charge < -0.3 is 9.84 Å². The lowest BCUT2D eigenvalue weighted by atomic mass is 10.00. The van der Waals surface area contributed by atoms with Gasteiger partial charge in [0.15, 0.2) is 0 Å². The van der Waals surface area contributed by atoms with Gasteiger partial charge in [-0.25, -0.2) is 0 Å². The number of esters is 1. The van der Waals surface area contributed by atoms with Crippen molar-refractivity contribution >= 4 is 11.9 Å². The lowest BCUT2D eigenvalue weighted by molar-refractivity contribution is -0.142. The largest absolute Gasteiger partial charge is 0.480 e. The Morgan fingerprint density at radius 1 is 1.22 bits per heavy atom. The van der Waals surface area contributed by atoms with Crippen LogP contribution in [0.5, 0.6) is 0 Å². The van der Waals surface area contributed by atoms with E-state index in [0.717, 1.165) is 16.7 Å². The van der Waals surface area contributed by atoms with Crippen LogP contribution in [0.3, 0.4) is 0 Å². The van der Waals surface area contributed by atoms with E-state index >= 15 is 0 Å². The minimum atomic E-state index is -0.805. The Morgan fingerprint density at radius 2 is 2.00 bits per heavy atom. The molecule has 1 N–H and O–H groups in total. The fourth-order valence-corrected chi connectivity index (χ4v) is 3.69. The molecule has 1 aromatic carbocycles. The first-order valence-electron chi connectivity index (χ1n) is 9.10. The van der Waals surface area contributed by atoms with E-state index in [1.807, 2.05) is 35.2 Å². The molecule has 2 heterocycles. The van der Waals surface area contributed by atoms with E-state index in [2.05, 4.69) is 15.8 Å². The van der Waals surface area contributed by atoms with Crippen LogP contribution in [0.15, 0.2) is 48.8 Å². The predicted octanol–water partition coefficient (Wildman–Crippen LogP) is 2.98. The first kappa shape index (κ1) is 19.0. The molecule has 2 atom stereocenters. The van der Waals surface area contributed by atoms with Gasteiger partial charge in [0.25, 0.3) is 0 Å². The fourth-order valence-electron chi connectivity index (χ4n) is 3.69. The number of likely N-dealkylation sites (tertiary alicyclic amines) is 1. The SMILES string of the molecule is COC(=O)CC[C@@H]1C[C@H](C(=O)O)N(Cc2cccc(-c3ccncc3)c2)C1. The van der Waals surface area contributed by atoms with Crippen molar-refractivity contribution in [2.45, 2.75) is 31.8 Å². The van der Waals surface area contributed by atoms with Crippen molar-refractivity contribution in [2.75, 3.05) is 13.7 Å². The normalized spacial score (nSPS) is 19.7. The number of nitrogens with zero attached hydrogens (tertiary/aromatic N) is 2. The van der Waals surface area contributed by atoms with Crippen molar-refractivity contribution in [1.29, 1.82) is 0 Å². The minimum absolute atomic E-state index is 0.189. The summed E-state index contributed by atoms with van der Waals surface area (Å²) in [5, 5.41) is 9.60. The Balaban J connectivity index is 1.70. The Morgan fingerprint density at radius 3 is 2.70 bits per heavy atom. The molecule has 6 nitrogen and oxygen atoms in total. The molecule has 0 radical (unpaired) electrons. The first-order valence-corrected chi connectivity index (χ1v) is 9.10. The first-order chi connectivity index (χ1) is 13.1. The topological polar surface area (TPSA) is 79.7 Å². The molecule has 27 heavy (non-hydrogen) atoms. The molecule has 142 valence electrons. The van der Waals surface area contributed by atoms with Crippen molar-refractivity contribution in [3.8, 4) is 11.1 Å². The Kier molecular flexibility index (Phi) is 6.19. The number of carbonyl (C=O) groups excluding carboxylic acids is 1. The molecule has 1 fully saturated rings. The van der Waals surface area contributed by atoms with Crippen LogP contribution in [0.2, 0.25) is 0 Å². The second-order valence-corrected chi connectivity index (χ2v) is 6.94. The minimum Gasteiger partial charge on any atom is -0.480 e. The maximum Gasteiger partial charge on any atom is 0.320 e. The zero-order valence-corrected chi connectivity index (χ0v) is 15.4. The van der Waals surface area contributed by atoms with Crippen LogP contribution in [-0.2, 0) is 20.9 Å². The van der Waals surface area contributed by atoms with E-state index < -0.39 is 12.0 Å². The number of benzene rings is 1. The van der Waals surface area contributed by atoms with Gasteiger partial charge in [0.05, 0.1) is 7.11 Å². The van der Waals surface area contributed by atoms with E-state index in [0.29, 0.717) is 32.4 Å². The van der Waals surface area contributed by atoms with Crippen LogP contribution < -0.4 is 0 Å². The molecule has 6 heteroatoms. The summed E-state index contributed by atoms with van der Waals surface area (Å²) in [4.78, 5) is 29.1. The molecule has 1 aromatic heterocycles. The summed E-state index contributed by atoms with van der Waals surface area (Å²) in [6.45, 7) is 1.25. The maximum atomic E-state index is 11.7. The number of ether oxygens (including phenoxy) is 1. The van der Waals surface area contributed by atoms with Crippen molar-refractivity contribution in [1.82, 2.24) is 9.88 Å². The van der Waals surface area contributed by atoms with E-state index in [4.69, 9.17) is 0 Å². The van der Waals surface area contributed by atoms with Crippen molar-refractivity contribution in [3.05, 3.63) is 54.4 Å². The van der Waals surface area contributed by atoms with Crippen LogP contribution in [0.1, 0.15) is 24.8 Å². The van der Waals surface area contributed by atoms with Crippen molar-refractivity contribution < 1.29 is 19.4 Å².